The zero-order chi connectivity index (χ0) is 12.4. The number of rotatable bonds is 2. The van der Waals surface area contributed by atoms with Gasteiger partial charge in [-0.15, -0.1) is 0 Å². The second kappa shape index (κ2) is 5.83. The van der Waals surface area contributed by atoms with Crippen molar-refractivity contribution < 1.29 is 4.39 Å². The molecule has 1 saturated heterocycles. The van der Waals surface area contributed by atoms with Crippen LogP contribution in [0.2, 0.25) is 5.02 Å². The first-order valence-corrected chi connectivity index (χ1v) is 8.01. The van der Waals surface area contributed by atoms with Crippen LogP contribution in [0, 0.1) is 5.82 Å². The summed E-state index contributed by atoms with van der Waals surface area (Å²) in [5, 5.41) is 1.33. The third-order valence-electron chi connectivity index (χ3n) is 2.91. The van der Waals surface area contributed by atoms with Crippen LogP contribution in [0.4, 0.5) is 4.39 Å². The smallest absolute Gasteiger partial charge is 0.123 e. The summed E-state index contributed by atoms with van der Waals surface area (Å²) < 4.78 is 13.2. The molecular formula is C12H15ClFNS2. The van der Waals surface area contributed by atoms with Gasteiger partial charge in [0, 0.05) is 33.1 Å². The Morgan fingerprint density at radius 3 is 2.82 bits per heavy atom. The van der Waals surface area contributed by atoms with Gasteiger partial charge in [-0.1, -0.05) is 18.5 Å². The molecule has 2 N–H and O–H groups in total. The fourth-order valence-electron chi connectivity index (χ4n) is 1.99. The van der Waals surface area contributed by atoms with Crippen LogP contribution in [0.3, 0.4) is 0 Å². The van der Waals surface area contributed by atoms with Gasteiger partial charge in [0.2, 0.25) is 0 Å². The monoisotopic (exact) mass is 291 g/mol. The van der Waals surface area contributed by atoms with Gasteiger partial charge < -0.3 is 5.73 Å². The fourth-order valence-corrected chi connectivity index (χ4v) is 5.10. The van der Waals surface area contributed by atoms with Crippen LogP contribution in [0.25, 0.3) is 0 Å². The molecule has 5 heteroatoms. The Balaban J connectivity index is 2.23. The molecule has 1 aromatic rings. The standard InChI is InChI=1S/C12H15ClFNS2/c1-7-12(17-5-4-16-7)11(15)9-6-8(14)2-3-10(9)13/h2-3,6-7,11-12H,4-5,15H2,1H3. The van der Waals surface area contributed by atoms with E-state index in [-0.39, 0.29) is 11.9 Å². The maximum atomic E-state index is 13.2. The molecule has 1 heterocycles. The molecule has 17 heavy (non-hydrogen) atoms. The maximum absolute atomic E-state index is 13.2. The van der Waals surface area contributed by atoms with E-state index in [1.165, 1.54) is 12.1 Å². The lowest BCUT2D eigenvalue weighted by molar-refractivity contribution is 0.612. The fraction of sp³-hybridized carbons (Fsp3) is 0.500. The van der Waals surface area contributed by atoms with Crippen molar-refractivity contribution in [3.8, 4) is 0 Å². The first-order chi connectivity index (χ1) is 8.09. The van der Waals surface area contributed by atoms with Gasteiger partial charge in [0.25, 0.3) is 0 Å². The zero-order valence-corrected chi connectivity index (χ0v) is 11.9. The molecule has 0 saturated carbocycles. The van der Waals surface area contributed by atoms with Crippen molar-refractivity contribution >= 4 is 35.1 Å². The number of hydrogen-bond donors (Lipinski definition) is 1. The molecule has 94 valence electrons. The Morgan fingerprint density at radius 1 is 1.41 bits per heavy atom. The summed E-state index contributed by atoms with van der Waals surface area (Å²) >= 11 is 9.88. The molecule has 0 spiro atoms. The average molecular weight is 292 g/mol. The zero-order valence-electron chi connectivity index (χ0n) is 9.53. The van der Waals surface area contributed by atoms with E-state index in [0.717, 1.165) is 17.1 Å². The van der Waals surface area contributed by atoms with Crippen molar-refractivity contribution in [1.29, 1.82) is 0 Å². The highest BCUT2D eigenvalue weighted by molar-refractivity contribution is 8.07. The first-order valence-electron chi connectivity index (χ1n) is 5.53. The SMILES string of the molecule is CC1SCCSC1C(N)c1cc(F)ccc1Cl. The first kappa shape index (κ1) is 13.5. The molecule has 3 unspecified atom stereocenters. The molecule has 1 aliphatic rings. The third kappa shape index (κ3) is 3.11. The molecular weight excluding hydrogens is 277 g/mol. The minimum absolute atomic E-state index is 0.203. The summed E-state index contributed by atoms with van der Waals surface area (Å²) in [6.07, 6.45) is 0. The minimum atomic E-state index is -0.277. The van der Waals surface area contributed by atoms with Gasteiger partial charge >= 0.3 is 0 Å². The Labute approximate surface area is 115 Å². The lowest BCUT2D eigenvalue weighted by atomic mass is 10.0. The van der Waals surface area contributed by atoms with Crippen molar-refractivity contribution in [2.75, 3.05) is 11.5 Å². The molecule has 1 aliphatic heterocycles. The minimum Gasteiger partial charge on any atom is -0.323 e. The Bertz CT molecular complexity index is 402. The van der Waals surface area contributed by atoms with E-state index in [4.69, 9.17) is 17.3 Å². The lowest BCUT2D eigenvalue weighted by Crippen LogP contribution is -2.34. The van der Waals surface area contributed by atoms with Crippen molar-refractivity contribution in [3.63, 3.8) is 0 Å². The molecule has 0 amide bonds. The lowest BCUT2D eigenvalue weighted by Gasteiger charge is -2.33. The molecule has 1 fully saturated rings. The Morgan fingerprint density at radius 2 is 2.12 bits per heavy atom. The summed E-state index contributed by atoms with van der Waals surface area (Å²) in [7, 11) is 0. The molecule has 0 aliphatic carbocycles. The van der Waals surface area contributed by atoms with Crippen LogP contribution in [0.1, 0.15) is 18.5 Å². The van der Waals surface area contributed by atoms with E-state index >= 15 is 0 Å². The van der Waals surface area contributed by atoms with Crippen molar-refractivity contribution in [2.24, 2.45) is 5.73 Å². The summed E-state index contributed by atoms with van der Waals surface area (Å²) in [6.45, 7) is 2.18. The van der Waals surface area contributed by atoms with E-state index in [0.29, 0.717) is 15.5 Å². The van der Waals surface area contributed by atoms with Crippen molar-refractivity contribution in [3.05, 3.63) is 34.6 Å². The molecule has 0 radical (unpaired) electrons. The van der Waals surface area contributed by atoms with Gasteiger partial charge in [-0.05, 0) is 23.8 Å². The van der Waals surface area contributed by atoms with Gasteiger partial charge in [-0.2, -0.15) is 23.5 Å². The molecule has 2 rings (SSSR count). The number of nitrogens with two attached hydrogens (primary N) is 1. The molecule has 3 atom stereocenters. The topological polar surface area (TPSA) is 26.0 Å². The van der Waals surface area contributed by atoms with Gasteiger partial charge in [-0.25, -0.2) is 4.39 Å². The summed E-state index contributed by atoms with van der Waals surface area (Å²) in [5.74, 6) is 1.98. The van der Waals surface area contributed by atoms with Gasteiger partial charge in [0.05, 0.1) is 0 Å². The maximum Gasteiger partial charge on any atom is 0.123 e. The Hall–Kier alpha value is 0.1000. The van der Waals surface area contributed by atoms with Crippen molar-refractivity contribution in [1.82, 2.24) is 0 Å². The van der Waals surface area contributed by atoms with Gasteiger partial charge in [0.15, 0.2) is 0 Å². The third-order valence-corrected chi connectivity index (χ3v) is 6.47. The number of hydrogen-bond acceptors (Lipinski definition) is 3. The van der Waals surface area contributed by atoms with Crippen LogP contribution >= 0.6 is 35.1 Å². The number of benzene rings is 1. The highest BCUT2D eigenvalue weighted by atomic mass is 35.5. The van der Waals surface area contributed by atoms with Crippen molar-refractivity contribution in [2.45, 2.75) is 23.5 Å². The molecule has 0 aromatic heterocycles. The molecule has 1 nitrogen and oxygen atoms in total. The van der Waals surface area contributed by atoms with Crippen LogP contribution < -0.4 is 5.73 Å². The van der Waals surface area contributed by atoms with E-state index in [2.05, 4.69) is 6.92 Å². The van der Waals surface area contributed by atoms with E-state index in [9.17, 15) is 4.39 Å². The van der Waals surface area contributed by atoms with Crippen LogP contribution in [0.5, 0.6) is 0 Å². The van der Waals surface area contributed by atoms with E-state index in [1.54, 1.807) is 6.07 Å². The second-order valence-corrected chi connectivity index (χ2v) is 7.28. The molecule has 1 aromatic carbocycles. The van der Waals surface area contributed by atoms with E-state index < -0.39 is 0 Å². The van der Waals surface area contributed by atoms with Gasteiger partial charge in [-0.3, -0.25) is 0 Å². The Kier molecular flexibility index (Phi) is 4.64. The van der Waals surface area contributed by atoms with Crippen LogP contribution in [-0.2, 0) is 0 Å². The second-order valence-electron chi connectivity index (χ2n) is 4.10. The predicted octanol–water partition coefficient (Wildman–Crippen LogP) is 3.72. The molecule has 0 bridgehead atoms. The van der Waals surface area contributed by atoms with Crippen LogP contribution in [0.15, 0.2) is 18.2 Å². The highest BCUT2D eigenvalue weighted by Crippen LogP contribution is 2.39. The number of halogens is 2. The normalized spacial score (nSPS) is 26.8. The quantitative estimate of drug-likeness (QED) is 0.899. The summed E-state index contributed by atoms with van der Waals surface area (Å²) in [6, 6.07) is 4.20. The van der Waals surface area contributed by atoms with Crippen LogP contribution in [-0.4, -0.2) is 22.0 Å². The predicted molar refractivity (Wildman–Crippen MR) is 76.5 cm³/mol. The largest absolute Gasteiger partial charge is 0.323 e. The highest BCUT2D eigenvalue weighted by Gasteiger charge is 2.30. The number of thioether (sulfide) groups is 2. The summed E-state index contributed by atoms with van der Waals surface area (Å²) in [5.41, 5.74) is 6.97. The average Bonchev–Trinajstić information content (AvgIpc) is 2.32. The van der Waals surface area contributed by atoms with E-state index in [1.807, 2.05) is 23.5 Å². The van der Waals surface area contributed by atoms with Gasteiger partial charge in [0.1, 0.15) is 5.82 Å². The summed E-state index contributed by atoms with van der Waals surface area (Å²) in [4.78, 5) is 0.